The summed E-state index contributed by atoms with van der Waals surface area (Å²) in [6.07, 6.45) is 1.62. The number of carbonyl (C=O) groups is 2. The lowest BCUT2D eigenvalue weighted by Gasteiger charge is -2.22. The Balaban J connectivity index is 2.09. The Morgan fingerprint density at radius 2 is 2.22 bits per heavy atom. The maximum absolute atomic E-state index is 12.0. The van der Waals surface area contributed by atoms with Gasteiger partial charge >= 0.3 is 5.97 Å². The first kappa shape index (κ1) is 17.2. The molecule has 8 heteroatoms. The van der Waals surface area contributed by atoms with E-state index in [9.17, 15) is 14.7 Å². The highest BCUT2D eigenvalue weighted by Crippen LogP contribution is 2.16. The van der Waals surface area contributed by atoms with Crippen LogP contribution in [0.5, 0.6) is 0 Å². The second kappa shape index (κ2) is 7.89. The zero-order chi connectivity index (χ0) is 16.8. The number of carboxylic acids is 1. The van der Waals surface area contributed by atoms with Crippen LogP contribution in [0.1, 0.15) is 5.56 Å². The fourth-order valence-corrected chi connectivity index (χ4v) is 2.65. The molecule has 1 fully saturated rings. The van der Waals surface area contributed by atoms with Crippen molar-refractivity contribution in [2.75, 3.05) is 45.6 Å². The summed E-state index contributed by atoms with van der Waals surface area (Å²) in [5.74, 6) is -1.31. The molecule has 0 aromatic carbocycles. The second-order valence-electron chi connectivity index (χ2n) is 5.59. The Kier molecular flexibility index (Phi) is 5.89. The number of aliphatic carboxylic acids is 1. The van der Waals surface area contributed by atoms with Gasteiger partial charge in [0, 0.05) is 51.6 Å². The van der Waals surface area contributed by atoms with Gasteiger partial charge in [0.15, 0.2) is 0 Å². The average molecular weight is 322 g/mol. The molecule has 1 aromatic heterocycles. The Bertz CT molecular complexity index is 566. The number of anilines is 1. The minimum atomic E-state index is -0.911. The maximum atomic E-state index is 12.0. The molecule has 1 amide bonds. The third kappa shape index (κ3) is 4.64. The normalized spacial score (nSPS) is 19.3. The van der Waals surface area contributed by atoms with E-state index in [0.29, 0.717) is 32.0 Å². The number of rotatable bonds is 5. The summed E-state index contributed by atoms with van der Waals surface area (Å²) < 4.78 is 4.85. The van der Waals surface area contributed by atoms with Crippen molar-refractivity contribution in [1.29, 1.82) is 0 Å². The van der Waals surface area contributed by atoms with Gasteiger partial charge in [0.2, 0.25) is 5.91 Å². The van der Waals surface area contributed by atoms with Crippen LogP contribution < -0.4 is 5.73 Å². The highest BCUT2D eigenvalue weighted by molar-refractivity contribution is 5.78. The van der Waals surface area contributed by atoms with Crippen molar-refractivity contribution in [2.24, 2.45) is 5.92 Å². The Morgan fingerprint density at radius 1 is 1.43 bits per heavy atom. The summed E-state index contributed by atoms with van der Waals surface area (Å²) in [4.78, 5) is 31.0. The topological polar surface area (TPSA) is 109 Å². The largest absolute Gasteiger partial charge is 0.481 e. The van der Waals surface area contributed by atoms with Gasteiger partial charge in [-0.3, -0.25) is 14.5 Å². The van der Waals surface area contributed by atoms with Crippen LogP contribution in [-0.4, -0.2) is 71.7 Å². The lowest BCUT2D eigenvalue weighted by Crippen LogP contribution is -2.39. The van der Waals surface area contributed by atoms with Gasteiger partial charge in [-0.1, -0.05) is 6.07 Å². The van der Waals surface area contributed by atoms with E-state index in [1.54, 1.807) is 17.2 Å². The van der Waals surface area contributed by atoms with Crippen molar-refractivity contribution < 1.29 is 19.4 Å². The molecule has 2 heterocycles. The van der Waals surface area contributed by atoms with Crippen molar-refractivity contribution in [3.8, 4) is 0 Å². The van der Waals surface area contributed by atoms with Crippen molar-refractivity contribution in [3.05, 3.63) is 23.9 Å². The highest BCUT2D eigenvalue weighted by Gasteiger charge is 2.30. The monoisotopic (exact) mass is 322 g/mol. The number of amides is 1. The third-order valence-corrected chi connectivity index (χ3v) is 3.90. The van der Waals surface area contributed by atoms with Crippen LogP contribution in [0.2, 0.25) is 0 Å². The Morgan fingerprint density at radius 3 is 2.87 bits per heavy atom. The first-order valence-corrected chi connectivity index (χ1v) is 7.42. The number of nitrogens with zero attached hydrogens (tertiary/aromatic N) is 3. The molecule has 1 unspecified atom stereocenters. The van der Waals surface area contributed by atoms with Crippen molar-refractivity contribution in [2.45, 2.75) is 6.54 Å². The van der Waals surface area contributed by atoms with Gasteiger partial charge in [-0.25, -0.2) is 4.98 Å². The van der Waals surface area contributed by atoms with Crippen LogP contribution in [0.3, 0.4) is 0 Å². The average Bonchev–Trinajstić information content (AvgIpc) is 2.73. The Hall–Kier alpha value is -2.19. The molecule has 2 rings (SSSR count). The molecule has 3 N–H and O–H groups in total. The predicted molar refractivity (Wildman–Crippen MR) is 83.5 cm³/mol. The summed E-state index contributed by atoms with van der Waals surface area (Å²) in [5, 5.41) is 9.40. The van der Waals surface area contributed by atoms with Crippen molar-refractivity contribution >= 4 is 17.7 Å². The number of nitrogens with two attached hydrogens (primary N) is 1. The molecule has 23 heavy (non-hydrogen) atoms. The molecule has 1 saturated heterocycles. The number of carbonyl (C=O) groups excluding carboxylic acids is 1. The summed E-state index contributed by atoms with van der Waals surface area (Å²) in [6, 6.07) is 3.67. The zero-order valence-corrected chi connectivity index (χ0v) is 13.1. The van der Waals surface area contributed by atoms with Crippen molar-refractivity contribution in [1.82, 2.24) is 14.8 Å². The van der Waals surface area contributed by atoms with E-state index in [2.05, 4.69) is 4.98 Å². The molecule has 1 aromatic rings. The standard InChI is InChI=1S/C15H22N4O4/c1-23-10-13(20)19-6-5-18(8-12(9-19)15(21)22)7-11-3-2-4-17-14(11)16/h2-4,12H,5-10H2,1H3,(H2,16,17)(H,21,22). The van der Waals surface area contributed by atoms with E-state index in [1.165, 1.54) is 7.11 Å². The van der Waals surface area contributed by atoms with E-state index in [-0.39, 0.29) is 19.1 Å². The van der Waals surface area contributed by atoms with E-state index < -0.39 is 11.9 Å². The molecule has 1 atom stereocenters. The predicted octanol–water partition coefficient (Wildman–Crippen LogP) is -0.345. The first-order chi connectivity index (χ1) is 11.0. The van der Waals surface area contributed by atoms with Gasteiger partial charge in [0.05, 0.1) is 5.92 Å². The number of ether oxygens (including phenoxy) is 1. The number of hydrogen-bond donors (Lipinski definition) is 2. The number of carboxylic acid groups (broad SMARTS) is 1. The second-order valence-corrected chi connectivity index (χ2v) is 5.59. The molecule has 0 saturated carbocycles. The Labute approximate surface area is 134 Å². The van der Waals surface area contributed by atoms with E-state index in [1.807, 2.05) is 11.0 Å². The lowest BCUT2D eigenvalue weighted by molar-refractivity contribution is -0.144. The molecule has 1 aliphatic heterocycles. The van der Waals surface area contributed by atoms with Crippen LogP contribution in [-0.2, 0) is 20.9 Å². The molecule has 0 radical (unpaired) electrons. The van der Waals surface area contributed by atoms with Crippen LogP contribution in [0.4, 0.5) is 5.82 Å². The van der Waals surface area contributed by atoms with Gasteiger partial charge < -0.3 is 20.5 Å². The van der Waals surface area contributed by atoms with Gasteiger partial charge in [-0.05, 0) is 6.07 Å². The quantitative estimate of drug-likeness (QED) is 0.763. The SMILES string of the molecule is COCC(=O)N1CCN(Cc2cccnc2N)CC(C(=O)O)C1. The van der Waals surface area contributed by atoms with Crippen LogP contribution in [0, 0.1) is 5.92 Å². The molecular formula is C15H22N4O4. The summed E-state index contributed by atoms with van der Waals surface area (Å²) in [7, 11) is 1.45. The molecule has 1 aliphatic rings. The van der Waals surface area contributed by atoms with Gasteiger partial charge in [-0.2, -0.15) is 0 Å². The lowest BCUT2D eigenvalue weighted by atomic mass is 10.1. The fourth-order valence-electron chi connectivity index (χ4n) is 2.65. The van der Waals surface area contributed by atoms with E-state index in [4.69, 9.17) is 10.5 Å². The van der Waals surface area contributed by atoms with Gasteiger partial charge in [-0.15, -0.1) is 0 Å². The molecule has 0 aliphatic carbocycles. The summed E-state index contributed by atoms with van der Waals surface area (Å²) in [6.45, 7) is 2.06. The van der Waals surface area contributed by atoms with Gasteiger partial charge in [0.1, 0.15) is 12.4 Å². The molecule has 0 bridgehead atoms. The van der Waals surface area contributed by atoms with Crippen LogP contribution in [0.25, 0.3) is 0 Å². The summed E-state index contributed by atoms with van der Waals surface area (Å²) in [5.41, 5.74) is 6.71. The fraction of sp³-hybridized carbons (Fsp3) is 0.533. The molecular weight excluding hydrogens is 300 g/mol. The maximum Gasteiger partial charge on any atom is 0.309 e. The minimum absolute atomic E-state index is 0.0398. The molecule has 0 spiro atoms. The van der Waals surface area contributed by atoms with Crippen LogP contribution in [0.15, 0.2) is 18.3 Å². The minimum Gasteiger partial charge on any atom is -0.481 e. The highest BCUT2D eigenvalue weighted by atomic mass is 16.5. The number of aromatic nitrogens is 1. The zero-order valence-electron chi connectivity index (χ0n) is 13.1. The molecule has 8 nitrogen and oxygen atoms in total. The van der Waals surface area contributed by atoms with Gasteiger partial charge in [0.25, 0.3) is 0 Å². The molecule has 126 valence electrons. The number of nitrogen functional groups attached to an aromatic ring is 1. The summed E-state index contributed by atoms with van der Waals surface area (Å²) >= 11 is 0. The van der Waals surface area contributed by atoms with Crippen LogP contribution >= 0.6 is 0 Å². The number of pyridine rings is 1. The first-order valence-electron chi connectivity index (χ1n) is 7.42. The number of hydrogen-bond acceptors (Lipinski definition) is 6. The van der Waals surface area contributed by atoms with E-state index >= 15 is 0 Å². The smallest absolute Gasteiger partial charge is 0.309 e. The number of methoxy groups -OCH3 is 1. The van der Waals surface area contributed by atoms with Crippen molar-refractivity contribution in [3.63, 3.8) is 0 Å². The third-order valence-electron chi connectivity index (χ3n) is 3.90. The van der Waals surface area contributed by atoms with E-state index in [0.717, 1.165) is 5.56 Å².